The van der Waals surface area contributed by atoms with Gasteiger partial charge in [-0.1, -0.05) is 28.4 Å². The summed E-state index contributed by atoms with van der Waals surface area (Å²) < 4.78 is 15.0. The highest BCUT2D eigenvalue weighted by Crippen LogP contribution is 2.21. The van der Waals surface area contributed by atoms with Gasteiger partial charge < -0.3 is 10.4 Å². The molecular formula is C18H13Cl2FN4O3. The maximum atomic E-state index is 13.5. The molecule has 3 aromatic rings. The van der Waals surface area contributed by atoms with Crippen molar-refractivity contribution in [2.45, 2.75) is 13.5 Å². The highest BCUT2D eigenvalue weighted by molar-refractivity contribution is 6.34. The van der Waals surface area contributed by atoms with E-state index in [1.54, 1.807) is 25.1 Å². The van der Waals surface area contributed by atoms with Gasteiger partial charge in [0.1, 0.15) is 5.82 Å². The molecule has 0 atom stereocenters. The van der Waals surface area contributed by atoms with Crippen molar-refractivity contribution in [1.29, 1.82) is 0 Å². The van der Waals surface area contributed by atoms with Crippen molar-refractivity contribution in [2.24, 2.45) is 0 Å². The van der Waals surface area contributed by atoms with Crippen LogP contribution in [0.1, 0.15) is 32.1 Å². The standard InChI is InChI=1S/C18H13Cl2FN4O3/c1-9-16(17(26)22-13-2-3-15(21)14(7-13)18(27)28)23-24-25(9)8-10-4-11(19)6-12(20)5-10/h2-7H,8H2,1H3,(H,22,26)(H,27,28). The van der Waals surface area contributed by atoms with Crippen LogP contribution >= 0.6 is 23.2 Å². The molecule has 0 aliphatic carbocycles. The van der Waals surface area contributed by atoms with Gasteiger partial charge in [0.2, 0.25) is 0 Å². The van der Waals surface area contributed by atoms with Crippen molar-refractivity contribution >= 4 is 40.8 Å². The highest BCUT2D eigenvalue weighted by Gasteiger charge is 2.18. The monoisotopic (exact) mass is 422 g/mol. The molecule has 0 unspecified atom stereocenters. The topological polar surface area (TPSA) is 97.1 Å². The van der Waals surface area contributed by atoms with Crippen molar-refractivity contribution in [2.75, 3.05) is 5.32 Å². The van der Waals surface area contributed by atoms with Crippen LogP contribution < -0.4 is 5.32 Å². The number of aromatic nitrogens is 3. The number of rotatable bonds is 5. The number of amides is 1. The van der Waals surface area contributed by atoms with E-state index < -0.39 is 23.3 Å². The Labute approximate surface area is 168 Å². The zero-order chi connectivity index (χ0) is 20.4. The molecule has 0 saturated heterocycles. The number of carbonyl (C=O) groups is 2. The van der Waals surface area contributed by atoms with E-state index >= 15 is 0 Å². The number of halogens is 3. The van der Waals surface area contributed by atoms with Gasteiger partial charge in [-0.2, -0.15) is 0 Å². The molecule has 144 valence electrons. The van der Waals surface area contributed by atoms with Crippen LogP contribution in [0.3, 0.4) is 0 Å². The van der Waals surface area contributed by atoms with Crippen molar-refractivity contribution in [3.8, 4) is 0 Å². The summed E-state index contributed by atoms with van der Waals surface area (Å²) in [6.07, 6.45) is 0. The van der Waals surface area contributed by atoms with E-state index in [1.165, 1.54) is 10.7 Å². The number of nitrogens with one attached hydrogen (secondary N) is 1. The maximum absolute atomic E-state index is 13.5. The molecule has 1 aromatic heterocycles. The molecule has 2 N–H and O–H groups in total. The third-order valence-corrected chi connectivity index (χ3v) is 4.34. The summed E-state index contributed by atoms with van der Waals surface area (Å²) in [5.41, 5.74) is 0.890. The Kier molecular flexibility index (Phi) is 5.62. The van der Waals surface area contributed by atoms with Gasteiger partial charge in [0.05, 0.1) is 17.8 Å². The van der Waals surface area contributed by atoms with Crippen molar-refractivity contribution in [3.63, 3.8) is 0 Å². The summed E-state index contributed by atoms with van der Waals surface area (Å²) in [5.74, 6) is -2.93. The molecule has 2 aromatic carbocycles. The summed E-state index contributed by atoms with van der Waals surface area (Å²) in [4.78, 5) is 23.5. The van der Waals surface area contributed by atoms with Crippen LogP contribution in [0.4, 0.5) is 10.1 Å². The summed E-state index contributed by atoms with van der Waals surface area (Å²) in [6, 6.07) is 8.30. The first-order valence-corrected chi connectivity index (χ1v) is 8.69. The second-order valence-corrected chi connectivity index (χ2v) is 6.79. The predicted octanol–water partition coefficient (Wildman–Crippen LogP) is 4.03. The number of carboxylic acids is 1. The van der Waals surface area contributed by atoms with Crippen LogP contribution in [0.25, 0.3) is 0 Å². The van der Waals surface area contributed by atoms with E-state index in [2.05, 4.69) is 15.6 Å². The van der Waals surface area contributed by atoms with Gasteiger partial charge in [-0.05, 0) is 48.9 Å². The fourth-order valence-corrected chi connectivity index (χ4v) is 3.12. The molecule has 0 bridgehead atoms. The Morgan fingerprint density at radius 3 is 2.50 bits per heavy atom. The van der Waals surface area contributed by atoms with Gasteiger partial charge in [-0.3, -0.25) is 4.79 Å². The first-order valence-electron chi connectivity index (χ1n) is 7.94. The molecule has 7 nitrogen and oxygen atoms in total. The molecule has 0 aliphatic heterocycles. The number of aromatic carboxylic acids is 1. The van der Waals surface area contributed by atoms with Gasteiger partial charge >= 0.3 is 5.97 Å². The molecule has 3 rings (SSSR count). The van der Waals surface area contributed by atoms with Crippen LogP contribution in [0.5, 0.6) is 0 Å². The second kappa shape index (κ2) is 7.95. The van der Waals surface area contributed by atoms with Gasteiger partial charge in [0.15, 0.2) is 5.69 Å². The molecule has 0 saturated carbocycles. The number of carbonyl (C=O) groups excluding carboxylic acids is 1. The number of hydrogen-bond acceptors (Lipinski definition) is 4. The van der Waals surface area contributed by atoms with E-state index in [-0.39, 0.29) is 11.4 Å². The van der Waals surface area contributed by atoms with Crippen LogP contribution in [-0.2, 0) is 6.54 Å². The molecule has 0 fully saturated rings. The Morgan fingerprint density at radius 2 is 1.86 bits per heavy atom. The first-order chi connectivity index (χ1) is 13.2. The van der Waals surface area contributed by atoms with Crippen molar-refractivity contribution < 1.29 is 19.1 Å². The highest BCUT2D eigenvalue weighted by atomic mass is 35.5. The Bertz CT molecular complexity index is 1060. The fourth-order valence-electron chi connectivity index (χ4n) is 2.55. The lowest BCUT2D eigenvalue weighted by Crippen LogP contribution is -2.15. The molecule has 0 spiro atoms. The van der Waals surface area contributed by atoms with E-state index in [1.807, 2.05) is 0 Å². The van der Waals surface area contributed by atoms with Crippen LogP contribution in [0.15, 0.2) is 36.4 Å². The fraction of sp³-hybridized carbons (Fsp3) is 0.111. The predicted molar refractivity (Wildman–Crippen MR) is 102 cm³/mol. The van der Waals surface area contributed by atoms with E-state index in [0.29, 0.717) is 22.3 Å². The third kappa shape index (κ3) is 4.29. The normalized spacial score (nSPS) is 10.7. The third-order valence-electron chi connectivity index (χ3n) is 3.91. The summed E-state index contributed by atoms with van der Waals surface area (Å²) in [5, 5.41) is 20.2. The van der Waals surface area contributed by atoms with E-state index in [0.717, 1.165) is 17.7 Å². The van der Waals surface area contributed by atoms with Gasteiger partial charge in [0, 0.05) is 15.7 Å². The maximum Gasteiger partial charge on any atom is 0.338 e. The molecule has 1 amide bonds. The van der Waals surface area contributed by atoms with Crippen molar-refractivity contribution in [3.05, 3.63) is 74.8 Å². The molecule has 0 aliphatic rings. The minimum Gasteiger partial charge on any atom is -0.478 e. The molecule has 0 radical (unpaired) electrons. The lowest BCUT2D eigenvalue weighted by atomic mass is 10.2. The molecule has 10 heteroatoms. The number of anilines is 1. The van der Waals surface area contributed by atoms with E-state index in [4.69, 9.17) is 28.3 Å². The van der Waals surface area contributed by atoms with Crippen LogP contribution in [-0.4, -0.2) is 32.0 Å². The number of hydrogen-bond donors (Lipinski definition) is 2. The van der Waals surface area contributed by atoms with Crippen molar-refractivity contribution in [1.82, 2.24) is 15.0 Å². The average Bonchev–Trinajstić information content (AvgIpc) is 2.96. The SMILES string of the molecule is Cc1c(C(=O)Nc2ccc(F)c(C(=O)O)c2)nnn1Cc1cc(Cl)cc(Cl)c1. The Hall–Kier alpha value is -2.97. The quantitative estimate of drug-likeness (QED) is 0.646. The van der Waals surface area contributed by atoms with E-state index in [9.17, 15) is 14.0 Å². The average molecular weight is 423 g/mol. The summed E-state index contributed by atoms with van der Waals surface area (Å²) in [6.45, 7) is 1.96. The van der Waals surface area contributed by atoms with Gasteiger partial charge in [-0.15, -0.1) is 5.10 Å². The minimum atomic E-state index is -1.43. The minimum absolute atomic E-state index is 0.0503. The van der Waals surface area contributed by atoms with Crippen LogP contribution in [0, 0.1) is 12.7 Å². The van der Waals surface area contributed by atoms with Gasteiger partial charge in [-0.25, -0.2) is 13.9 Å². The number of carboxylic acid groups (broad SMARTS) is 1. The molecule has 28 heavy (non-hydrogen) atoms. The smallest absolute Gasteiger partial charge is 0.338 e. The second-order valence-electron chi connectivity index (χ2n) is 5.91. The zero-order valence-corrected chi connectivity index (χ0v) is 15.9. The lowest BCUT2D eigenvalue weighted by Gasteiger charge is -2.07. The lowest BCUT2D eigenvalue weighted by molar-refractivity contribution is 0.0691. The molecular weight excluding hydrogens is 410 g/mol. The zero-order valence-electron chi connectivity index (χ0n) is 14.4. The Morgan fingerprint density at radius 1 is 1.18 bits per heavy atom. The van der Waals surface area contributed by atoms with Crippen LogP contribution in [0.2, 0.25) is 10.0 Å². The number of nitrogens with zero attached hydrogens (tertiary/aromatic N) is 3. The Balaban J connectivity index is 1.80. The summed E-state index contributed by atoms with van der Waals surface area (Å²) >= 11 is 12.0. The largest absolute Gasteiger partial charge is 0.478 e. The number of benzene rings is 2. The summed E-state index contributed by atoms with van der Waals surface area (Å²) in [7, 11) is 0. The molecule has 1 heterocycles. The first kappa shape index (κ1) is 19.8. The van der Waals surface area contributed by atoms with Gasteiger partial charge in [0.25, 0.3) is 5.91 Å².